The minimum Gasteiger partial charge on any atom is -0.462 e. The zero-order valence-corrected chi connectivity index (χ0v) is 46.5. The van der Waals surface area contributed by atoms with Crippen molar-refractivity contribution in [2.45, 2.75) is 316 Å². The van der Waals surface area contributed by atoms with Crippen molar-refractivity contribution < 1.29 is 28.6 Å². The lowest BCUT2D eigenvalue weighted by Crippen LogP contribution is -2.30. The van der Waals surface area contributed by atoms with Gasteiger partial charge < -0.3 is 14.2 Å². The third-order valence-electron chi connectivity index (χ3n) is 13.3. The first-order valence-electron chi connectivity index (χ1n) is 30.3. The van der Waals surface area contributed by atoms with Gasteiger partial charge in [-0.2, -0.15) is 0 Å². The maximum Gasteiger partial charge on any atom is 0.306 e. The van der Waals surface area contributed by atoms with Crippen LogP contribution in [0.15, 0.2) is 60.8 Å². The van der Waals surface area contributed by atoms with Crippen LogP contribution in [0.3, 0.4) is 0 Å². The van der Waals surface area contributed by atoms with Crippen LogP contribution in [0.4, 0.5) is 0 Å². The van der Waals surface area contributed by atoms with E-state index in [2.05, 4.69) is 81.5 Å². The van der Waals surface area contributed by atoms with Gasteiger partial charge in [-0.25, -0.2) is 0 Å². The summed E-state index contributed by atoms with van der Waals surface area (Å²) in [5.74, 6) is -0.865. The van der Waals surface area contributed by atoms with Crippen molar-refractivity contribution in [3.63, 3.8) is 0 Å². The van der Waals surface area contributed by atoms with Crippen LogP contribution >= 0.6 is 0 Å². The molecular formula is C64H114O6. The van der Waals surface area contributed by atoms with E-state index in [9.17, 15) is 14.4 Å². The Bertz CT molecular complexity index is 1260. The highest BCUT2D eigenvalue weighted by molar-refractivity contribution is 5.71. The van der Waals surface area contributed by atoms with E-state index in [1.807, 2.05) is 0 Å². The van der Waals surface area contributed by atoms with E-state index in [1.54, 1.807) is 0 Å². The molecule has 0 aromatic carbocycles. The quantitative estimate of drug-likeness (QED) is 0.0261. The minimum atomic E-state index is -0.772. The smallest absolute Gasteiger partial charge is 0.306 e. The predicted octanol–water partition coefficient (Wildman–Crippen LogP) is 20.4. The number of esters is 3. The van der Waals surface area contributed by atoms with Crippen LogP contribution < -0.4 is 0 Å². The second kappa shape index (κ2) is 58.7. The molecule has 70 heavy (non-hydrogen) atoms. The Kier molecular flexibility index (Phi) is 56.3. The van der Waals surface area contributed by atoms with Gasteiger partial charge in [0, 0.05) is 19.3 Å². The lowest BCUT2D eigenvalue weighted by molar-refractivity contribution is -0.167. The SMILES string of the molecule is CC/C=C\C/C=C\C/C=C\C/C=C\C/C=C\CCCCCCCCCCCC(=O)OCC(COC(=O)CCCCCCCCCCC)OC(=O)CCCCCCCCCCCCCCCCCCCC. The summed E-state index contributed by atoms with van der Waals surface area (Å²) < 4.78 is 16.9. The molecule has 0 N–H and O–H groups in total. The number of ether oxygens (including phenoxy) is 3. The molecule has 0 heterocycles. The molecule has 1 atom stereocenters. The Morgan fingerprint density at radius 3 is 0.871 bits per heavy atom. The average Bonchev–Trinajstić information content (AvgIpc) is 3.36. The normalized spacial score (nSPS) is 12.4. The van der Waals surface area contributed by atoms with Crippen LogP contribution in [-0.2, 0) is 28.6 Å². The van der Waals surface area contributed by atoms with Crippen LogP contribution in [0.5, 0.6) is 0 Å². The van der Waals surface area contributed by atoms with E-state index in [-0.39, 0.29) is 31.1 Å². The molecule has 0 aliphatic rings. The van der Waals surface area contributed by atoms with Crippen molar-refractivity contribution in [3.05, 3.63) is 60.8 Å². The summed E-state index contributed by atoms with van der Waals surface area (Å²) in [7, 11) is 0. The summed E-state index contributed by atoms with van der Waals surface area (Å²) in [6, 6.07) is 0. The molecule has 0 saturated carbocycles. The lowest BCUT2D eigenvalue weighted by Gasteiger charge is -2.18. The van der Waals surface area contributed by atoms with Crippen molar-refractivity contribution in [1.82, 2.24) is 0 Å². The first-order valence-corrected chi connectivity index (χ1v) is 30.3. The molecule has 0 saturated heterocycles. The molecule has 0 bridgehead atoms. The van der Waals surface area contributed by atoms with E-state index < -0.39 is 6.10 Å². The Morgan fingerprint density at radius 2 is 0.557 bits per heavy atom. The number of rotatable bonds is 55. The summed E-state index contributed by atoms with van der Waals surface area (Å²) in [4.78, 5) is 38.1. The summed E-state index contributed by atoms with van der Waals surface area (Å²) in [5, 5.41) is 0. The van der Waals surface area contributed by atoms with Gasteiger partial charge >= 0.3 is 17.9 Å². The van der Waals surface area contributed by atoms with Gasteiger partial charge in [0.15, 0.2) is 6.10 Å². The molecular weight excluding hydrogens is 865 g/mol. The minimum absolute atomic E-state index is 0.0716. The van der Waals surface area contributed by atoms with Crippen molar-refractivity contribution in [1.29, 1.82) is 0 Å². The van der Waals surface area contributed by atoms with Crippen molar-refractivity contribution >= 4 is 17.9 Å². The van der Waals surface area contributed by atoms with Gasteiger partial charge in [-0.3, -0.25) is 14.4 Å². The van der Waals surface area contributed by atoms with E-state index in [4.69, 9.17) is 14.2 Å². The van der Waals surface area contributed by atoms with Crippen LogP contribution in [0, 0.1) is 0 Å². The van der Waals surface area contributed by atoms with E-state index in [1.165, 1.54) is 173 Å². The lowest BCUT2D eigenvalue weighted by atomic mass is 10.0. The second-order valence-electron chi connectivity index (χ2n) is 20.2. The highest BCUT2D eigenvalue weighted by Crippen LogP contribution is 2.17. The number of allylic oxidation sites excluding steroid dienone is 10. The summed E-state index contributed by atoms with van der Waals surface area (Å²) >= 11 is 0. The fourth-order valence-electron chi connectivity index (χ4n) is 8.77. The van der Waals surface area contributed by atoms with E-state index in [0.717, 1.165) is 96.3 Å². The number of unbranched alkanes of at least 4 members (excludes halogenated alkanes) is 34. The molecule has 0 aromatic rings. The van der Waals surface area contributed by atoms with E-state index >= 15 is 0 Å². The first-order chi connectivity index (χ1) is 34.5. The summed E-state index contributed by atoms with van der Waals surface area (Å²) in [6.45, 7) is 6.54. The number of carbonyl (C=O) groups excluding carboxylic acids is 3. The second-order valence-corrected chi connectivity index (χ2v) is 20.2. The van der Waals surface area contributed by atoms with Crippen molar-refractivity contribution in [2.75, 3.05) is 13.2 Å². The highest BCUT2D eigenvalue weighted by Gasteiger charge is 2.19. The van der Waals surface area contributed by atoms with Gasteiger partial charge in [-0.1, -0.05) is 287 Å². The van der Waals surface area contributed by atoms with Crippen LogP contribution in [0.1, 0.15) is 310 Å². The molecule has 0 spiro atoms. The van der Waals surface area contributed by atoms with Crippen molar-refractivity contribution in [3.8, 4) is 0 Å². The largest absolute Gasteiger partial charge is 0.462 e. The molecule has 6 heteroatoms. The standard InChI is InChI=1S/C64H114O6/c1-4-7-10-13-16-19-21-23-25-27-29-30-31-32-33-34-35-37-38-40-42-45-48-51-54-57-63(66)69-60-61(59-68-62(65)56-53-50-47-44-18-15-12-9-6-3)70-64(67)58-55-52-49-46-43-41-39-36-28-26-24-22-20-17-14-11-8-5-2/h7,10,16,19,23,25,29-30,32-33,61H,4-6,8-9,11-15,17-18,20-22,24,26-28,31,34-60H2,1-3H3/b10-7-,19-16-,25-23-,30-29-,33-32-. The topological polar surface area (TPSA) is 78.9 Å². The van der Waals surface area contributed by atoms with Gasteiger partial charge in [0.05, 0.1) is 0 Å². The van der Waals surface area contributed by atoms with Gasteiger partial charge in [-0.05, 0) is 64.2 Å². The first kappa shape index (κ1) is 67.1. The number of carbonyl (C=O) groups is 3. The van der Waals surface area contributed by atoms with Crippen molar-refractivity contribution in [2.24, 2.45) is 0 Å². The molecule has 0 amide bonds. The van der Waals surface area contributed by atoms with Crippen LogP contribution in [-0.4, -0.2) is 37.2 Å². The molecule has 0 aliphatic heterocycles. The molecule has 0 aliphatic carbocycles. The third kappa shape index (κ3) is 56.0. The fourth-order valence-corrected chi connectivity index (χ4v) is 8.77. The van der Waals surface area contributed by atoms with Gasteiger partial charge in [0.25, 0.3) is 0 Å². The Labute approximate surface area is 434 Å². The molecule has 0 aromatic heterocycles. The van der Waals surface area contributed by atoms with Gasteiger partial charge in [0.2, 0.25) is 0 Å². The van der Waals surface area contributed by atoms with Gasteiger partial charge in [-0.15, -0.1) is 0 Å². The van der Waals surface area contributed by atoms with Gasteiger partial charge in [0.1, 0.15) is 13.2 Å². The zero-order valence-electron chi connectivity index (χ0n) is 46.5. The monoisotopic (exact) mass is 979 g/mol. The van der Waals surface area contributed by atoms with E-state index in [0.29, 0.717) is 19.3 Å². The Balaban J connectivity index is 4.22. The summed E-state index contributed by atoms with van der Waals surface area (Å²) in [6.07, 6.45) is 73.7. The fraction of sp³-hybridized carbons (Fsp3) is 0.797. The van der Waals surface area contributed by atoms with Crippen LogP contribution in [0.2, 0.25) is 0 Å². The maximum absolute atomic E-state index is 12.9. The predicted molar refractivity (Wildman–Crippen MR) is 302 cm³/mol. The molecule has 406 valence electrons. The Hall–Kier alpha value is -2.89. The average molecular weight is 980 g/mol. The van der Waals surface area contributed by atoms with Crippen LogP contribution in [0.25, 0.3) is 0 Å². The maximum atomic E-state index is 12.9. The molecule has 1 unspecified atom stereocenters. The number of hydrogen-bond acceptors (Lipinski definition) is 6. The zero-order chi connectivity index (χ0) is 50.7. The third-order valence-corrected chi connectivity index (χ3v) is 13.3. The molecule has 6 nitrogen and oxygen atoms in total. The Morgan fingerprint density at radius 1 is 0.300 bits per heavy atom. The molecule has 0 rings (SSSR count). The molecule has 0 fully saturated rings. The summed E-state index contributed by atoms with van der Waals surface area (Å²) in [5.41, 5.74) is 0. The number of hydrogen-bond donors (Lipinski definition) is 0. The highest BCUT2D eigenvalue weighted by atomic mass is 16.6. The molecule has 0 radical (unpaired) electrons.